The molecule has 1 heterocycles. The summed E-state index contributed by atoms with van der Waals surface area (Å²) < 4.78 is 7.29. The van der Waals surface area contributed by atoms with E-state index in [0.717, 1.165) is 27.1 Å². The van der Waals surface area contributed by atoms with Gasteiger partial charge in [-0.15, -0.1) is 0 Å². The minimum Gasteiger partial charge on any atom is -0.450 e. The summed E-state index contributed by atoms with van der Waals surface area (Å²) >= 11 is 6.27. The predicted molar refractivity (Wildman–Crippen MR) is 121 cm³/mol. The number of fused-ring (bicyclic) bond motifs is 2. The SMILES string of the molecule is O=c1c(Oc2ccc3ccccc3c2)c(Cl)cnn1Cc1cccc2ccccc12. The lowest BCUT2D eigenvalue weighted by Gasteiger charge is -2.12. The minimum absolute atomic E-state index is 0.0715. The van der Waals surface area contributed by atoms with E-state index in [0.29, 0.717) is 12.3 Å². The predicted octanol–water partition coefficient (Wildman–Crippen LogP) is 6.04. The second-order valence-corrected chi connectivity index (χ2v) is 7.44. The van der Waals surface area contributed by atoms with Gasteiger partial charge in [-0.2, -0.15) is 5.10 Å². The third-order valence-electron chi connectivity index (χ3n) is 5.10. The Morgan fingerprint density at radius 2 is 1.57 bits per heavy atom. The number of nitrogens with zero attached hydrogens (tertiary/aromatic N) is 2. The monoisotopic (exact) mass is 412 g/mol. The van der Waals surface area contributed by atoms with Crippen LogP contribution in [-0.2, 0) is 6.54 Å². The number of benzene rings is 4. The van der Waals surface area contributed by atoms with Crippen LogP contribution in [-0.4, -0.2) is 9.78 Å². The second-order valence-electron chi connectivity index (χ2n) is 7.03. The molecular formula is C25H17ClN2O2. The van der Waals surface area contributed by atoms with Crippen molar-refractivity contribution in [3.05, 3.63) is 112 Å². The molecule has 0 unspecified atom stereocenters. The molecule has 0 aliphatic carbocycles. The van der Waals surface area contributed by atoms with E-state index >= 15 is 0 Å². The highest BCUT2D eigenvalue weighted by Gasteiger charge is 2.14. The normalized spacial score (nSPS) is 11.1. The van der Waals surface area contributed by atoms with E-state index in [1.165, 1.54) is 10.9 Å². The van der Waals surface area contributed by atoms with Crippen LogP contribution in [0.2, 0.25) is 5.02 Å². The van der Waals surface area contributed by atoms with Gasteiger partial charge in [0, 0.05) is 0 Å². The van der Waals surface area contributed by atoms with E-state index in [2.05, 4.69) is 5.10 Å². The molecule has 4 aromatic carbocycles. The standard InChI is InChI=1S/C25H17ClN2O2/c26-23-15-27-28(16-20-10-5-9-18-7-3-4-11-22(18)20)25(29)24(23)30-21-13-12-17-6-1-2-8-19(17)14-21/h1-15H,16H2. The first-order chi connectivity index (χ1) is 14.7. The van der Waals surface area contributed by atoms with Crippen LogP contribution in [0.5, 0.6) is 11.5 Å². The molecule has 0 spiro atoms. The average molecular weight is 413 g/mol. The van der Waals surface area contributed by atoms with Crippen molar-refractivity contribution in [2.75, 3.05) is 0 Å². The summed E-state index contributed by atoms with van der Waals surface area (Å²) in [6, 6.07) is 27.7. The third kappa shape index (κ3) is 3.42. The van der Waals surface area contributed by atoms with Gasteiger partial charge in [-0.3, -0.25) is 4.79 Å². The summed E-state index contributed by atoms with van der Waals surface area (Å²) in [4.78, 5) is 13.1. The van der Waals surface area contributed by atoms with Crippen LogP contribution in [0.15, 0.2) is 95.9 Å². The van der Waals surface area contributed by atoms with Crippen LogP contribution in [0, 0.1) is 0 Å². The van der Waals surface area contributed by atoms with Gasteiger partial charge in [0.05, 0.1) is 12.7 Å². The number of hydrogen-bond acceptors (Lipinski definition) is 3. The van der Waals surface area contributed by atoms with E-state index in [1.54, 1.807) is 0 Å². The van der Waals surface area contributed by atoms with Gasteiger partial charge in [-0.05, 0) is 39.2 Å². The Kier molecular flexibility index (Phi) is 4.69. The van der Waals surface area contributed by atoms with Crippen LogP contribution < -0.4 is 10.3 Å². The van der Waals surface area contributed by atoms with Crippen molar-refractivity contribution in [2.24, 2.45) is 0 Å². The molecule has 1 aromatic heterocycles. The van der Waals surface area contributed by atoms with E-state index in [1.807, 2.05) is 84.9 Å². The van der Waals surface area contributed by atoms with Crippen molar-refractivity contribution in [1.82, 2.24) is 9.78 Å². The van der Waals surface area contributed by atoms with Gasteiger partial charge in [0.25, 0.3) is 0 Å². The van der Waals surface area contributed by atoms with Crippen molar-refractivity contribution >= 4 is 33.1 Å². The summed E-state index contributed by atoms with van der Waals surface area (Å²) in [6.07, 6.45) is 1.45. The molecule has 0 amide bonds. The highest BCUT2D eigenvalue weighted by Crippen LogP contribution is 2.28. The van der Waals surface area contributed by atoms with Gasteiger partial charge < -0.3 is 4.74 Å². The second kappa shape index (κ2) is 7.65. The van der Waals surface area contributed by atoms with Crippen LogP contribution in [0.3, 0.4) is 0 Å². The zero-order valence-corrected chi connectivity index (χ0v) is 16.7. The highest BCUT2D eigenvalue weighted by atomic mass is 35.5. The molecule has 5 aromatic rings. The van der Waals surface area contributed by atoms with Crippen molar-refractivity contribution in [2.45, 2.75) is 6.54 Å². The van der Waals surface area contributed by atoms with E-state index in [-0.39, 0.29) is 16.3 Å². The Morgan fingerprint density at radius 3 is 2.43 bits per heavy atom. The topological polar surface area (TPSA) is 44.1 Å². The first kappa shape index (κ1) is 18.4. The molecule has 0 fully saturated rings. The van der Waals surface area contributed by atoms with E-state index < -0.39 is 0 Å². The summed E-state index contributed by atoms with van der Waals surface area (Å²) in [5, 5.41) is 8.73. The molecular weight excluding hydrogens is 396 g/mol. The van der Waals surface area contributed by atoms with Gasteiger partial charge in [-0.25, -0.2) is 4.68 Å². The highest BCUT2D eigenvalue weighted by molar-refractivity contribution is 6.31. The summed E-state index contributed by atoms with van der Waals surface area (Å²) in [7, 11) is 0. The molecule has 5 rings (SSSR count). The van der Waals surface area contributed by atoms with Crippen molar-refractivity contribution in [3.63, 3.8) is 0 Å². The Balaban J connectivity index is 1.52. The van der Waals surface area contributed by atoms with Crippen molar-refractivity contribution in [1.29, 1.82) is 0 Å². The molecule has 0 atom stereocenters. The first-order valence-corrected chi connectivity index (χ1v) is 9.96. The molecule has 146 valence electrons. The van der Waals surface area contributed by atoms with Gasteiger partial charge in [-0.1, -0.05) is 84.4 Å². The molecule has 0 N–H and O–H groups in total. The molecule has 0 radical (unpaired) electrons. The molecule has 0 aliphatic rings. The van der Waals surface area contributed by atoms with Crippen LogP contribution in [0.4, 0.5) is 0 Å². The average Bonchev–Trinajstić information content (AvgIpc) is 2.78. The fourth-order valence-electron chi connectivity index (χ4n) is 3.60. The summed E-state index contributed by atoms with van der Waals surface area (Å²) in [5.74, 6) is 0.623. The minimum atomic E-state index is -0.372. The molecule has 0 aliphatic heterocycles. The number of hydrogen-bond donors (Lipinski definition) is 0. The lowest BCUT2D eigenvalue weighted by Crippen LogP contribution is -2.24. The Labute approximate surface area is 177 Å². The van der Waals surface area contributed by atoms with E-state index in [4.69, 9.17) is 16.3 Å². The number of aromatic nitrogens is 2. The van der Waals surface area contributed by atoms with Gasteiger partial charge >= 0.3 is 5.56 Å². The molecule has 0 bridgehead atoms. The maximum Gasteiger partial charge on any atom is 0.311 e. The summed E-state index contributed by atoms with van der Waals surface area (Å²) in [6.45, 7) is 0.325. The lowest BCUT2D eigenvalue weighted by atomic mass is 10.0. The summed E-state index contributed by atoms with van der Waals surface area (Å²) in [5.41, 5.74) is 0.630. The molecule has 0 saturated carbocycles. The van der Waals surface area contributed by atoms with Crippen LogP contribution >= 0.6 is 11.6 Å². The molecule has 4 nitrogen and oxygen atoms in total. The Hall–Kier alpha value is -3.63. The smallest absolute Gasteiger partial charge is 0.311 e. The van der Waals surface area contributed by atoms with E-state index in [9.17, 15) is 4.79 Å². The maximum absolute atomic E-state index is 13.1. The van der Waals surface area contributed by atoms with Crippen LogP contribution in [0.25, 0.3) is 21.5 Å². The number of ether oxygens (including phenoxy) is 1. The molecule has 0 saturated heterocycles. The van der Waals surface area contributed by atoms with Gasteiger partial charge in [0.2, 0.25) is 5.75 Å². The quantitative estimate of drug-likeness (QED) is 0.361. The molecule has 30 heavy (non-hydrogen) atoms. The van der Waals surface area contributed by atoms with Crippen molar-refractivity contribution in [3.8, 4) is 11.5 Å². The number of halogens is 1. The first-order valence-electron chi connectivity index (χ1n) is 9.58. The van der Waals surface area contributed by atoms with Gasteiger partial charge in [0.1, 0.15) is 10.8 Å². The zero-order valence-electron chi connectivity index (χ0n) is 16.0. The molecule has 5 heteroatoms. The number of rotatable bonds is 4. The third-order valence-corrected chi connectivity index (χ3v) is 5.37. The van der Waals surface area contributed by atoms with Crippen molar-refractivity contribution < 1.29 is 4.74 Å². The fraction of sp³-hybridized carbons (Fsp3) is 0.0400. The fourth-order valence-corrected chi connectivity index (χ4v) is 3.76. The Morgan fingerprint density at radius 1 is 0.833 bits per heavy atom. The zero-order chi connectivity index (χ0) is 20.5. The maximum atomic E-state index is 13.1. The van der Waals surface area contributed by atoms with Gasteiger partial charge in [0.15, 0.2) is 0 Å². The van der Waals surface area contributed by atoms with Crippen LogP contribution in [0.1, 0.15) is 5.56 Å². The largest absolute Gasteiger partial charge is 0.450 e. The Bertz CT molecular complexity index is 1440. The lowest BCUT2D eigenvalue weighted by molar-refractivity contribution is 0.460.